The second-order valence-electron chi connectivity index (χ2n) is 3.98. The van der Waals surface area contributed by atoms with Gasteiger partial charge in [0.05, 0.1) is 6.61 Å². The summed E-state index contributed by atoms with van der Waals surface area (Å²) in [5.41, 5.74) is 2.47. The Morgan fingerprint density at radius 1 is 1.40 bits per heavy atom. The molecule has 0 heterocycles. The van der Waals surface area contributed by atoms with E-state index in [0.29, 0.717) is 18.9 Å². The number of ether oxygens (including phenoxy) is 1. The molecule has 0 aromatic heterocycles. The van der Waals surface area contributed by atoms with E-state index in [1.165, 1.54) is 5.56 Å². The Morgan fingerprint density at radius 2 is 2.13 bits per heavy atom. The van der Waals surface area contributed by atoms with E-state index in [-0.39, 0.29) is 0 Å². The molecule has 80 valence electrons. The molecular formula is C14H18O. The molecule has 1 nitrogen and oxygen atoms in total. The van der Waals surface area contributed by atoms with E-state index < -0.39 is 0 Å². The predicted octanol–water partition coefficient (Wildman–Crippen LogP) is 3.52. The number of rotatable bonds is 4. The zero-order valence-corrected chi connectivity index (χ0v) is 9.71. The van der Waals surface area contributed by atoms with Gasteiger partial charge in [-0.25, -0.2) is 0 Å². The van der Waals surface area contributed by atoms with Crippen LogP contribution in [-0.2, 0) is 0 Å². The molecule has 0 fully saturated rings. The van der Waals surface area contributed by atoms with Crippen molar-refractivity contribution in [3.8, 4) is 18.1 Å². The molecule has 0 saturated heterocycles. The lowest BCUT2D eigenvalue weighted by Gasteiger charge is -2.11. The van der Waals surface area contributed by atoms with Gasteiger partial charge >= 0.3 is 0 Å². The van der Waals surface area contributed by atoms with Crippen LogP contribution in [0, 0.1) is 19.3 Å². The maximum atomic E-state index is 5.63. The smallest absolute Gasteiger partial charge is 0.122 e. The van der Waals surface area contributed by atoms with Crippen LogP contribution in [0.1, 0.15) is 37.3 Å². The summed E-state index contributed by atoms with van der Waals surface area (Å²) in [6.45, 7) is 7.00. The fourth-order valence-corrected chi connectivity index (χ4v) is 1.35. The van der Waals surface area contributed by atoms with E-state index in [2.05, 4.69) is 44.9 Å². The molecule has 0 atom stereocenters. The van der Waals surface area contributed by atoms with Crippen LogP contribution in [0.4, 0.5) is 0 Å². The summed E-state index contributed by atoms with van der Waals surface area (Å²) in [6, 6.07) is 6.35. The van der Waals surface area contributed by atoms with Gasteiger partial charge in [-0.05, 0) is 30.0 Å². The molecule has 1 aromatic rings. The fraction of sp³-hybridized carbons (Fsp3) is 0.429. The predicted molar refractivity (Wildman–Crippen MR) is 64.2 cm³/mol. The van der Waals surface area contributed by atoms with Gasteiger partial charge in [-0.1, -0.05) is 26.0 Å². The summed E-state index contributed by atoms with van der Waals surface area (Å²) in [7, 11) is 0. The lowest BCUT2D eigenvalue weighted by molar-refractivity contribution is 0.324. The normalized spacial score (nSPS) is 10.1. The van der Waals surface area contributed by atoms with E-state index in [9.17, 15) is 0 Å². The molecule has 0 bridgehead atoms. The molecule has 0 aliphatic carbocycles. The standard InChI is InChI=1S/C14H18O/c1-5-6-9-15-14-10-13(11(2)3)8-7-12(14)4/h1,7-8,10-11H,6,9H2,2-4H3. The van der Waals surface area contributed by atoms with E-state index >= 15 is 0 Å². The Balaban J connectivity index is 2.77. The number of benzene rings is 1. The highest BCUT2D eigenvalue weighted by atomic mass is 16.5. The van der Waals surface area contributed by atoms with Crippen LogP contribution >= 0.6 is 0 Å². The minimum Gasteiger partial charge on any atom is -0.492 e. The van der Waals surface area contributed by atoms with Gasteiger partial charge in [0.15, 0.2) is 0 Å². The van der Waals surface area contributed by atoms with E-state index in [0.717, 1.165) is 11.3 Å². The van der Waals surface area contributed by atoms with Crippen LogP contribution in [0.5, 0.6) is 5.75 Å². The quantitative estimate of drug-likeness (QED) is 0.536. The maximum Gasteiger partial charge on any atom is 0.122 e. The van der Waals surface area contributed by atoms with E-state index in [4.69, 9.17) is 11.2 Å². The Labute approximate surface area is 92.5 Å². The molecular weight excluding hydrogens is 184 g/mol. The third-order valence-electron chi connectivity index (χ3n) is 2.38. The van der Waals surface area contributed by atoms with Gasteiger partial charge in [0.2, 0.25) is 0 Å². The molecule has 0 saturated carbocycles. The van der Waals surface area contributed by atoms with Crippen LogP contribution in [0.15, 0.2) is 18.2 Å². The maximum absolute atomic E-state index is 5.63. The molecule has 1 aromatic carbocycles. The van der Waals surface area contributed by atoms with Crippen molar-refractivity contribution in [3.05, 3.63) is 29.3 Å². The molecule has 1 heteroatoms. The topological polar surface area (TPSA) is 9.23 Å². The summed E-state index contributed by atoms with van der Waals surface area (Å²) in [5, 5.41) is 0. The van der Waals surface area contributed by atoms with Crippen molar-refractivity contribution >= 4 is 0 Å². The van der Waals surface area contributed by atoms with Gasteiger partial charge in [-0.3, -0.25) is 0 Å². The summed E-state index contributed by atoms with van der Waals surface area (Å²) in [6.07, 6.45) is 5.84. The number of hydrogen-bond donors (Lipinski definition) is 0. The van der Waals surface area contributed by atoms with Crippen LogP contribution in [-0.4, -0.2) is 6.61 Å². The summed E-state index contributed by atoms with van der Waals surface area (Å²) in [5.74, 6) is 4.05. The highest BCUT2D eigenvalue weighted by Gasteiger charge is 2.04. The highest BCUT2D eigenvalue weighted by Crippen LogP contribution is 2.24. The van der Waals surface area contributed by atoms with E-state index in [1.54, 1.807) is 0 Å². The Morgan fingerprint density at radius 3 is 2.73 bits per heavy atom. The highest BCUT2D eigenvalue weighted by molar-refractivity contribution is 5.37. The molecule has 0 N–H and O–H groups in total. The van der Waals surface area contributed by atoms with Crippen LogP contribution in [0.2, 0.25) is 0 Å². The second-order valence-corrected chi connectivity index (χ2v) is 3.98. The molecule has 0 amide bonds. The number of hydrogen-bond acceptors (Lipinski definition) is 1. The second kappa shape index (κ2) is 5.46. The average molecular weight is 202 g/mol. The van der Waals surface area contributed by atoms with Gasteiger partial charge in [0.1, 0.15) is 5.75 Å². The van der Waals surface area contributed by atoms with Crippen LogP contribution < -0.4 is 4.74 Å². The molecule has 1 rings (SSSR count). The fourth-order valence-electron chi connectivity index (χ4n) is 1.35. The SMILES string of the molecule is C#CCCOc1cc(C(C)C)ccc1C. The van der Waals surface area contributed by atoms with Crippen molar-refractivity contribution in [1.82, 2.24) is 0 Å². The van der Waals surface area contributed by atoms with Gasteiger partial charge in [0, 0.05) is 6.42 Å². The zero-order valence-electron chi connectivity index (χ0n) is 9.71. The third kappa shape index (κ3) is 3.32. The first-order chi connectivity index (χ1) is 7.15. The molecule has 15 heavy (non-hydrogen) atoms. The van der Waals surface area contributed by atoms with Crippen LogP contribution in [0.25, 0.3) is 0 Å². The molecule has 0 radical (unpaired) electrons. The Kier molecular flexibility index (Phi) is 4.24. The third-order valence-corrected chi connectivity index (χ3v) is 2.38. The van der Waals surface area contributed by atoms with Crippen molar-refractivity contribution in [2.45, 2.75) is 33.1 Å². The first-order valence-corrected chi connectivity index (χ1v) is 5.32. The van der Waals surface area contributed by atoms with Gasteiger partial charge in [-0.15, -0.1) is 12.3 Å². The van der Waals surface area contributed by atoms with Gasteiger partial charge < -0.3 is 4.74 Å². The largest absolute Gasteiger partial charge is 0.492 e. The van der Waals surface area contributed by atoms with Crippen molar-refractivity contribution in [1.29, 1.82) is 0 Å². The van der Waals surface area contributed by atoms with Gasteiger partial charge in [0.25, 0.3) is 0 Å². The van der Waals surface area contributed by atoms with Crippen molar-refractivity contribution < 1.29 is 4.74 Å². The summed E-state index contributed by atoms with van der Waals surface area (Å²) >= 11 is 0. The van der Waals surface area contributed by atoms with E-state index in [1.807, 2.05) is 0 Å². The number of aryl methyl sites for hydroxylation is 1. The summed E-state index contributed by atoms with van der Waals surface area (Å²) < 4.78 is 5.63. The minimum atomic E-state index is 0.528. The molecule has 0 aliphatic heterocycles. The van der Waals surface area contributed by atoms with Crippen LogP contribution in [0.3, 0.4) is 0 Å². The Hall–Kier alpha value is -1.42. The van der Waals surface area contributed by atoms with Gasteiger partial charge in [-0.2, -0.15) is 0 Å². The summed E-state index contributed by atoms with van der Waals surface area (Å²) in [4.78, 5) is 0. The monoisotopic (exact) mass is 202 g/mol. The molecule has 0 spiro atoms. The lowest BCUT2D eigenvalue weighted by Crippen LogP contribution is -1.99. The molecule has 0 unspecified atom stereocenters. The first-order valence-electron chi connectivity index (χ1n) is 5.32. The first kappa shape index (κ1) is 11.7. The van der Waals surface area contributed by atoms with Crippen molar-refractivity contribution in [3.63, 3.8) is 0 Å². The number of terminal acetylenes is 1. The molecule has 0 aliphatic rings. The lowest BCUT2D eigenvalue weighted by atomic mass is 10.0. The van der Waals surface area contributed by atoms with Crippen molar-refractivity contribution in [2.75, 3.05) is 6.61 Å². The minimum absolute atomic E-state index is 0.528. The average Bonchev–Trinajstić information content (AvgIpc) is 2.20. The zero-order chi connectivity index (χ0) is 11.3. The van der Waals surface area contributed by atoms with Crippen molar-refractivity contribution in [2.24, 2.45) is 0 Å². The Bertz CT molecular complexity index is 358.